The minimum Gasteiger partial charge on any atom is -0.475 e. The van der Waals surface area contributed by atoms with Crippen LogP contribution in [0.25, 0.3) is 0 Å². The van der Waals surface area contributed by atoms with E-state index >= 15 is 0 Å². The van der Waals surface area contributed by atoms with Gasteiger partial charge in [0.25, 0.3) is 0 Å². The Hall–Kier alpha value is -1.42. The zero-order chi connectivity index (χ0) is 11.1. The predicted molar refractivity (Wildman–Crippen MR) is 56.2 cm³/mol. The molecule has 0 bridgehead atoms. The van der Waals surface area contributed by atoms with Gasteiger partial charge in [-0.1, -0.05) is 0 Å². The first-order chi connectivity index (χ1) is 7.25. The molecule has 4 nitrogen and oxygen atoms in total. The molecule has 15 heavy (non-hydrogen) atoms. The second kappa shape index (κ2) is 6.14. The topological polar surface area (TPSA) is 48.4 Å². The van der Waals surface area contributed by atoms with Crippen LogP contribution in [-0.2, 0) is 4.74 Å². The van der Waals surface area contributed by atoms with Gasteiger partial charge in [-0.2, -0.15) is 0 Å². The molecule has 4 heteroatoms. The van der Waals surface area contributed by atoms with Crippen molar-refractivity contribution >= 4 is 5.78 Å². The Morgan fingerprint density at radius 3 is 2.93 bits per heavy atom. The van der Waals surface area contributed by atoms with Crippen LogP contribution in [0.1, 0.15) is 24.2 Å². The Balaban J connectivity index is 2.56. The number of nitrogens with zero attached hydrogens (tertiary/aromatic N) is 1. The third-order valence-electron chi connectivity index (χ3n) is 1.82. The van der Waals surface area contributed by atoms with Crippen molar-refractivity contribution in [2.24, 2.45) is 0 Å². The maximum atomic E-state index is 11.2. The zero-order valence-electron chi connectivity index (χ0n) is 9.03. The Labute approximate surface area is 89.2 Å². The van der Waals surface area contributed by atoms with Crippen molar-refractivity contribution in [3.8, 4) is 5.88 Å². The molecular weight excluding hydrogens is 194 g/mol. The molecule has 0 fully saturated rings. The molecule has 1 aromatic rings. The molecule has 0 unspecified atom stereocenters. The van der Waals surface area contributed by atoms with Gasteiger partial charge in [-0.25, -0.2) is 4.98 Å². The number of hydrogen-bond acceptors (Lipinski definition) is 4. The molecule has 0 saturated carbocycles. The number of aromatic nitrogens is 1. The van der Waals surface area contributed by atoms with Gasteiger partial charge in [0, 0.05) is 12.8 Å². The van der Waals surface area contributed by atoms with E-state index in [0.717, 1.165) is 0 Å². The highest BCUT2D eigenvalue weighted by Crippen LogP contribution is 2.14. The summed E-state index contributed by atoms with van der Waals surface area (Å²) < 4.78 is 10.5. The van der Waals surface area contributed by atoms with Crippen LogP contribution in [0.3, 0.4) is 0 Å². The fraction of sp³-hybridized carbons (Fsp3) is 0.455. The van der Waals surface area contributed by atoms with E-state index in [0.29, 0.717) is 31.3 Å². The predicted octanol–water partition coefficient (Wildman–Crippen LogP) is 1.70. The lowest BCUT2D eigenvalue weighted by Gasteiger charge is -2.07. The van der Waals surface area contributed by atoms with Gasteiger partial charge in [0.05, 0.1) is 12.2 Å². The molecule has 0 radical (unpaired) electrons. The van der Waals surface area contributed by atoms with Gasteiger partial charge in [0.1, 0.15) is 6.61 Å². The van der Waals surface area contributed by atoms with Crippen molar-refractivity contribution < 1.29 is 14.3 Å². The lowest BCUT2D eigenvalue weighted by atomic mass is 10.2. The number of ether oxygens (including phenoxy) is 2. The highest BCUT2D eigenvalue weighted by molar-refractivity contribution is 5.96. The van der Waals surface area contributed by atoms with Crippen molar-refractivity contribution in [3.05, 3.63) is 23.9 Å². The van der Waals surface area contributed by atoms with Gasteiger partial charge in [0.2, 0.25) is 5.88 Å². The third-order valence-corrected chi connectivity index (χ3v) is 1.82. The van der Waals surface area contributed by atoms with E-state index in [1.54, 1.807) is 18.3 Å². The smallest absolute Gasteiger partial charge is 0.224 e. The number of pyridine rings is 1. The van der Waals surface area contributed by atoms with E-state index in [4.69, 9.17) is 9.47 Å². The van der Waals surface area contributed by atoms with Crippen molar-refractivity contribution in [1.29, 1.82) is 0 Å². The van der Waals surface area contributed by atoms with E-state index in [1.807, 2.05) is 6.92 Å². The molecule has 1 rings (SSSR count). The molecule has 0 N–H and O–H groups in total. The molecule has 0 saturated heterocycles. The molecular formula is C11H15NO3. The van der Waals surface area contributed by atoms with Gasteiger partial charge >= 0.3 is 0 Å². The summed E-state index contributed by atoms with van der Waals surface area (Å²) in [4.78, 5) is 15.2. The van der Waals surface area contributed by atoms with Gasteiger partial charge in [-0.05, 0) is 26.0 Å². The van der Waals surface area contributed by atoms with Gasteiger partial charge in [0.15, 0.2) is 5.78 Å². The number of hydrogen-bond donors (Lipinski definition) is 0. The number of carbonyl (C=O) groups excluding carboxylic acids is 1. The second-order valence-electron chi connectivity index (χ2n) is 2.96. The lowest BCUT2D eigenvalue weighted by molar-refractivity contribution is 0.0984. The van der Waals surface area contributed by atoms with E-state index in [-0.39, 0.29) is 5.78 Å². The van der Waals surface area contributed by atoms with Crippen molar-refractivity contribution in [2.75, 3.05) is 19.8 Å². The number of rotatable bonds is 6. The van der Waals surface area contributed by atoms with Crippen LogP contribution in [-0.4, -0.2) is 30.6 Å². The average Bonchev–Trinajstić information content (AvgIpc) is 2.25. The molecule has 0 amide bonds. The summed E-state index contributed by atoms with van der Waals surface area (Å²) in [5.41, 5.74) is 0.508. The van der Waals surface area contributed by atoms with E-state index < -0.39 is 0 Å². The summed E-state index contributed by atoms with van der Waals surface area (Å²) in [5.74, 6) is 0.333. The van der Waals surface area contributed by atoms with Crippen LogP contribution in [0, 0.1) is 0 Å². The largest absolute Gasteiger partial charge is 0.475 e. The minimum atomic E-state index is -0.0468. The summed E-state index contributed by atoms with van der Waals surface area (Å²) in [6.07, 6.45) is 1.60. The molecule has 0 aliphatic heterocycles. The van der Waals surface area contributed by atoms with Crippen LogP contribution in [0.5, 0.6) is 5.88 Å². The fourth-order valence-electron chi connectivity index (χ4n) is 1.12. The average molecular weight is 209 g/mol. The van der Waals surface area contributed by atoms with Crippen LogP contribution in [0.15, 0.2) is 18.3 Å². The third kappa shape index (κ3) is 3.67. The zero-order valence-corrected chi connectivity index (χ0v) is 9.03. The van der Waals surface area contributed by atoms with Crippen LogP contribution in [0.4, 0.5) is 0 Å². The molecule has 82 valence electrons. The van der Waals surface area contributed by atoms with Gasteiger partial charge in [-0.15, -0.1) is 0 Å². The molecule has 0 spiro atoms. The standard InChI is InChI=1S/C11H15NO3/c1-3-14-7-8-15-11-10(9(2)13)5-4-6-12-11/h4-6H,3,7-8H2,1-2H3. The summed E-state index contributed by atoms with van der Waals surface area (Å²) in [5, 5.41) is 0. The first-order valence-electron chi connectivity index (χ1n) is 4.92. The molecule has 0 aliphatic rings. The molecule has 0 atom stereocenters. The van der Waals surface area contributed by atoms with Crippen LogP contribution >= 0.6 is 0 Å². The quantitative estimate of drug-likeness (QED) is 0.528. The number of ketones is 1. The molecule has 1 aromatic heterocycles. The van der Waals surface area contributed by atoms with Gasteiger partial charge in [-0.3, -0.25) is 4.79 Å². The highest BCUT2D eigenvalue weighted by Gasteiger charge is 2.08. The molecule has 1 heterocycles. The van der Waals surface area contributed by atoms with Gasteiger partial charge < -0.3 is 9.47 Å². The first kappa shape index (κ1) is 11.7. The van der Waals surface area contributed by atoms with Crippen molar-refractivity contribution in [2.45, 2.75) is 13.8 Å². The van der Waals surface area contributed by atoms with Crippen molar-refractivity contribution in [3.63, 3.8) is 0 Å². The Morgan fingerprint density at radius 2 is 2.27 bits per heavy atom. The lowest BCUT2D eigenvalue weighted by Crippen LogP contribution is -2.09. The van der Waals surface area contributed by atoms with Crippen LogP contribution < -0.4 is 4.74 Å². The number of Topliss-reactive ketones (excluding diaryl/α,β-unsaturated/α-hetero) is 1. The van der Waals surface area contributed by atoms with E-state index in [9.17, 15) is 4.79 Å². The van der Waals surface area contributed by atoms with E-state index in [2.05, 4.69) is 4.98 Å². The number of carbonyl (C=O) groups is 1. The highest BCUT2D eigenvalue weighted by atomic mass is 16.5. The fourth-order valence-corrected chi connectivity index (χ4v) is 1.12. The summed E-state index contributed by atoms with van der Waals surface area (Å²) in [6, 6.07) is 3.41. The molecule has 0 aliphatic carbocycles. The maximum absolute atomic E-state index is 11.2. The molecule has 0 aromatic carbocycles. The van der Waals surface area contributed by atoms with Crippen LogP contribution in [0.2, 0.25) is 0 Å². The second-order valence-corrected chi connectivity index (χ2v) is 2.96. The Kier molecular flexibility index (Phi) is 4.77. The van der Waals surface area contributed by atoms with Crippen molar-refractivity contribution in [1.82, 2.24) is 4.98 Å². The Morgan fingerprint density at radius 1 is 1.47 bits per heavy atom. The monoisotopic (exact) mass is 209 g/mol. The normalized spacial score (nSPS) is 10.0. The summed E-state index contributed by atoms with van der Waals surface area (Å²) in [6.45, 7) is 4.98. The van der Waals surface area contributed by atoms with E-state index in [1.165, 1.54) is 6.92 Å². The maximum Gasteiger partial charge on any atom is 0.224 e. The minimum absolute atomic E-state index is 0.0468. The summed E-state index contributed by atoms with van der Waals surface area (Å²) in [7, 11) is 0. The SMILES string of the molecule is CCOCCOc1ncccc1C(C)=O. The summed E-state index contributed by atoms with van der Waals surface area (Å²) >= 11 is 0. The Bertz CT molecular complexity index is 325. The first-order valence-corrected chi connectivity index (χ1v) is 4.92.